The fourth-order valence-electron chi connectivity index (χ4n) is 5.11. The second-order valence-corrected chi connectivity index (χ2v) is 8.75. The number of H-pyrrole nitrogens is 1. The maximum absolute atomic E-state index is 13.2. The lowest BCUT2D eigenvalue weighted by Gasteiger charge is -2.24. The van der Waals surface area contributed by atoms with E-state index in [9.17, 15) is 4.79 Å². The summed E-state index contributed by atoms with van der Waals surface area (Å²) in [7, 11) is 0. The lowest BCUT2D eigenvalue weighted by molar-refractivity contribution is -0.914. The van der Waals surface area contributed by atoms with Crippen LogP contribution < -0.4 is 10.5 Å². The number of fused-ring (bicyclic) bond motifs is 1. The third kappa shape index (κ3) is 3.54. The number of likely N-dealkylation sites (tertiary alicyclic amines) is 1. The number of nitrogens with one attached hydrogen (secondary N) is 2. The summed E-state index contributed by atoms with van der Waals surface area (Å²) in [6.45, 7) is 7.59. The van der Waals surface area contributed by atoms with Crippen LogP contribution >= 0.6 is 0 Å². The van der Waals surface area contributed by atoms with E-state index in [1.165, 1.54) is 10.5 Å². The second-order valence-electron chi connectivity index (χ2n) is 8.75. The van der Waals surface area contributed by atoms with E-state index in [-0.39, 0.29) is 17.7 Å². The van der Waals surface area contributed by atoms with E-state index < -0.39 is 0 Å². The van der Waals surface area contributed by atoms with Crippen LogP contribution in [-0.4, -0.2) is 51.0 Å². The molecular weight excluding hydrogens is 380 g/mol. The fraction of sp³-hybridized carbons (Fsp3) is 0.545. The van der Waals surface area contributed by atoms with Gasteiger partial charge in [0.25, 0.3) is 5.56 Å². The summed E-state index contributed by atoms with van der Waals surface area (Å²) in [6, 6.07) is 6.10. The average Bonchev–Trinajstić information content (AvgIpc) is 3.48. The highest BCUT2D eigenvalue weighted by atomic mass is 16.5. The van der Waals surface area contributed by atoms with Gasteiger partial charge in [0, 0.05) is 19.4 Å². The van der Waals surface area contributed by atoms with E-state index in [2.05, 4.69) is 45.6 Å². The number of pyridine rings is 1. The van der Waals surface area contributed by atoms with Gasteiger partial charge in [-0.05, 0) is 60.2 Å². The molecular formula is C22H29N6O2+. The van der Waals surface area contributed by atoms with E-state index in [4.69, 9.17) is 4.74 Å². The molecule has 0 aliphatic carbocycles. The number of hydrogen-bond acceptors (Lipinski definition) is 5. The molecule has 0 amide bonds. The SMILES string of the molecule is Cc1cc(C)c2[nH]c(=O)c([C@@H](c3nnnn3C[C@@H]3CCCO3)[NH+]3CCCC3)cc2c1. The summed E-state index contributed by atoms with van der Waals surface area (Å²) in [6.07, 6.45) is 4.55. The number of aryl methyl sites for hydroxylation is 2. The molecule has 1 aromatic carbocycles. The minimum absolute atomic E-state index is 0.0504. The van der Waals surface area contributed by atoms with E-state index >= 15 is 0 Å². The quantitative estimate of drug-likeness (QED) is 0.658. The first-order valence-corrected chi connectivity index (χ1v) is 11.0. The predicted octanol–water partition coefficient (Wildman–Crippen LogP) is 1.08. The number of rotatable bonds is 5. The summed E-state index contributed by atoms with van der Waals surface area (Å²) < 4.78 is 7.67. The summed E-state index contributed by atoms with van der Waals surface area (Å²) >= 11 is 0. The molecule has 2 aliphatic rings. The Kier molecular flexibility index (Phi) is 5.12. The molecule has 0 saturated carbocycles. The van der Waals surface area contributed by atoms with Gasteiger partial charge < -0.3 is 14.6 Å². The standard InChI is InChI=1S/C22H28N6O2/c1-14-10-15(2)19-16(11-14)12-18(22(29)23-19)20(27-7-3-4-8-27)21-24-25-26-28(21)13-17-6-5-9-30-17/h10-12,17,20H,3-9,13H2,1-2H3,(H,23,29)/p+1/t17-,20-/m0/s1. The lowest BCUT2D eigenvalue weighted by Crippen LogP contribution is -3.10. The van der Waals surface area contributed by atoms with Crippen molar-refractivity contribution in [3.8, 4) is 0 Å². The van der Waals surface area contributed by atoms with Gasteiger partial charge in [0.2, 0.25) is 5.82 Å². The highest BCUT2D eigenvalue weighted by molar-refractivity contribution is 5.83. The molecule has 0 bridgehead atoms. The van der Waals surface area contributed by atoms with Gasteiger partial charge in [0.05, 0.1) is 36.8 Å². The maximum atomic E-state index is 13.2. The highest BCUT2D eigenvalue weighted by Gasteiger charge is 2.36. The molecule has 0 unspecified atom stereocenters. The Labute approximate surface area is 175 Å². The lowest BCUT2D eigenvalue weighted by atomic mass is 10.0. The third-order valence-electron chi connectivity index (χ3n) is 6.51. The van der Waals surface area contributed by atoms with Crippen LogP contribution in [0.15, 0.2) is 23.0 Å². The van der Waals surface area contributed by atoms with Gasteiger partial charge >= 0.3 is 0 Å². The minimum atomic E-state index is -0.183. The highest BCUT2D eigenvalue weighted by Crippen LogP contribution is 2.23. The minimum Gasteiger partial charge on any atom is -0.376 e. The Morgan fingerprint density at radius 1 is 1.23 bits per heavy atom. The van der Waals surface area contributed by atoms with Crippen molar-refractivity contribution in [1.29, 1.82) is 0 Å². The predicted molar refractivity (Wildman–Crippen MR) is 113 cm³/mol. The molecule has 0 spiro atoms. The molecule has 2 aromatic heterocycles. The summed E-state index contributed by atoms with van der Waals surface area (Å²) in [4.78, 5) is 17.7. The van der Waals surface area contributed by atoms with Crippen LogP contribution in [0.1, 0.15) is 54.2 Å². The van der Waals surface area contributed by atoms with Gasteiger partial charge in [-0.1, -0.05) is 11.6 Å². The summed E-state index contributed by atoms with van der Waals surface area (Å²) in [5.74, 6) is 0.761. The molecule has 5 rings (SSSR count). The molecule has 4 heterocycles. The van der Waals surface area contributed by atoms with E-state index in [1.807, 2.05) is 11.6 Å². The van der Waals surface area contributed by atoms with Crippen LogP contribution in [0.4, 0.5) is 0 Å². The van der Waals surface area contributed by atoms with Gasteiger partial charge in [0.1, 0.15) is 0 Å². The number of aromatic amines is 1. The van der Waals surface area contributed by atoms with Gasteiger partial charge in [-0.3, -0.25) is 4.79 Å². The van der Waals surface area contributed by atoms with Crippen LogP contribution in [-0.2, 0) is 11.3 Å². The average molecular weight is 410 g/mol. The third-order valence-corrected chi connectivity index (χ3v) is 6.51. The molecule has 8 heteroatoms. The van der Waals surface area contributed by atoms with Crippen molar-refractivity contribution in [3.63, 3.8) is 0 Å². The monoisotopic (exact) mass is 409 g/mol. The Bertz CT molecular complexity index is 1110. The largest absolute Gasteiger partial charge is 0.376 e. The number of benzene rings is 1. The first-order valence-electron chi connectivity index (χ1n) is 11.0. The molecule has 158 valence electrons. The van der Waals surface area contributed by atoms with Crippen LogP contribution in [0.2, 0.25) is 0 Å². The van der Waals surface area contributed by atoms with E-state index in [0.29, 0.717) is 6.54 Å². The molecule has 2 fully saturated rings. The molecule has 30 heavy (non-hydrogen) atoms. The normalized spacial score (nSPS) is 20.9. The van der Waals surface area contributed by atoms with Crippen molar-refractivity contribution in [2.24, 2.45) is 0 Å². The zero-order valence-electron chi connectivity index (χ0n) is 17.6. The number of hydrogen-bond donors (Lipinski definition) is 2. The van der Waals surface area contributed by atoms with Crippen molar-refractivity contribution >= 4 is 10.9 Å². The Morgan fingerprint density at radius 3 is 2.83 bits per heavy atom. The summed E-state index contributed by atoms with van der Waals surface area (Å²) in [5, 5.41) is 13.7. The number of tetrazole rings is 1. The second kappa shape index (κ2) is 7.92. The maximum Gasteiger partial charge on any atom is 0.258 e. The zero-order chi connectivity index (χ0) is 20.7. The Balaban J connectivity index is 1.62. The van der Waals surface area contributed by atoms with E-state index in [0.717, 1.165) is 73.2 Å². The van der Waals surface area contributed by atoms with Crippen molar-refractivity contribution in [2.45, 2.75) is 58.2 Å². The smallest absolute Gasteiger partial charge is 0.258 e. The van der Waals surface area contributed by atoms with Crippen molar-refractivity contribution in [2.75, 3.05) is 19.7 Å². The van der Waals surface area contributed by atoms with Crippen molar-refractivity contribution in [1.82, 2.24) is 25.2 Å². The van der Waals surface area contributed by atoms with Gasteiger partial charge in [-0.25, -0.2) is 4.68 Å². The van der Waals surface area contributed by atoms with Gasteiger partial charge in [-0.15, -0.1) is 5.10 Å². The topological polar surface area (TPSA) is 90.1 Å². The molecule has 3 aromatic rings. The number of ether oxygens (including phenoxy) is 1. The number of quaternary nitrogens is 1. The number of aromatic nitrogens is 5. The molecule has 2 N–H and O–H groups in total. The van der Waals surface area contributed by atoms with Crippen molar-refractivity contribution < 1.29 is 9.64 Å². The molecule has 8 nitrogen and oxygen atoms in total. The molecule has 2 saturated heterocycles. The Hall–Kier alpha value is -2.58. The van der Waals surface area contributed by atoms with Gasteiger partial charge in [-0.2, -0.15) is 0 Å². The van der Waals surface area contributed by atoms with Crippen LogP contribution in [0.3, 0.4) is 0 Å². The first-order chi connectivity index (χ1) is 14.6. The van der Waals surface area contributed by atoms with Crippen LogP contribution in [0.25, 0.3) is 10.9 Å². The first kappa shape index (κ1) is 19.4. The molecule has 2 atom stereocenters. The van der Waals surface area contributed by atoms with E-state index in [1.54, 1.807) is 0 Å². The van der Waals surface area contributed by atoms with Crippen molar-refractivity contribution in [3.05, 3.63) is 51.1 Å². The molecule has 2 aliphatic heterocycles. The summed E-state index contributed by atoms with van der Waals surface area (Å²) in [5.41, 5.74) is 3.87. The van der Waals surface area contributed by atoms with Crippen LogP contribution in [0, 0.1) is 13.8 Å². The zero-order valence-corrected chi connectivity index (χ0v) is 17.6. The molecule has 0 radical (unpaired) electrons. The Morgan fingerprint density at radius 2 is 2.07 bits per heavy atom. The number of nitrogens with zero attached hydrogens (tertiary/aromatic N) is 4. The van der Waals surface area contributed by atoms with Gasteiger partial charge in [0.15, 0.2) is 6.04 Å². The van der Waals surface area contributed by atoms with Crippen LogP contribution in [0.5, 0.6) is 0 Å². The fourth-order valence-corrected chi connectivity index (χ4v) is 5.11.